The van der Waals surface area contributed by atoms with Crippen LogP contribution in [0.2, 0.25) is 0 Å². The number of hydrogen-bond acceptors (Lipinski definition) is 13. The summed E-state index contributed by atoms with van der Waals surface area (Å²) < 4.78 is 18.4. The number of morpholine rings is 1. The molecule has 3 fully saturated rings. The maximum absolute atomic E-state index is 16.8. The highest BCUT2D eigenvalue weighted by molar-refractivity contribution is 7.22. The van der Waals surface area contributed by atoms with E-state index in [0.29, 0.717) is 46.4 Å². The number of imide groups is 1. The van der Waals surface area contributed by atoms with Crippen LogP contribution in [0.4, 0.5) is 15.6 Å². The fourth-order valence-corrected chi connectivity index (χ4v) is 12.3. The summed E-state index contributed by atoms with van der Waals surface area (Å²) in [6, 6.07) is 32.2. The van der Waals surface area contributed by atoms with E-state index < -0.39 is 82.9 Å². The molecular weight excluding hydrogens is 959 g/mol. The second-order valence-corrected chi connectivity index (χ2v) is 20.7. The standard InChI is InChI=1S/C58H57N5O10S/c1-35(2)46(52(66)71-3)60-56(69)62-43-27-22-36(28-31-57(70)29-14-4-5-15-30-57)34-41(43)58(54(62)68)45(51(65)61-55-59-42-20-12-13-21-44(42)74-55)48-53(67)73-49(38-18-10-7-11-19-38)47(37-16-8-6-9-17-37)63(48)50(58)39-23-25-40(26-24-39)72-33-32-64/h6-13,16-27,34-35,45-50,64,70H,4-5,14-15,29-30,32-33H2,1-3H3,(H,60,69)(H,59,61,65)/t45-,46-,47-,48-,49+,50+,58-/m0/s1. The van der Waals surface area contributed by atoms with Crippen molar-refractivity contribution < 1.29 is 48.4 Å². The number of thiazole rings is 1. The maximum atomic E-state index is 16.8. The van der Waals surface area contributed by atoms with Gasteiger partial charge >= 0.3 is 18.0 Å². The van der Waals surface area contributed by atoms with Crippen LogP contribution in [0.15, 0.2) is 127 Å². The summed E-state index contributed by atoms with van der Waals surface area (Å²) in [5.41, 5.74) is -0.290. The molecule has 4 amide bonds. The number of aliphatic hydroxyl groups excluding tert-OH is 1. The minimum Gasteiger partial charge on any atom is -0.491 e. The van der Waals surface area contributed by atoms with Gasteiger partial charge in [-0.2, -0.15) is 0 Å². The molecule has 5 aromatic carbocycles. The highest BCUT2D eigenvalue weighted by Gasteiger charge is 2.75. The van der Waals surface area contributed by atoms with Gasteiger partial charge in [0.1, 0.15) is 41.6 Å². The molecule has 6 aromatic rings. The number of methoxy groups -OCH3 is 1. The summed E-state index contributed by atoms with van der Waals surface area (Å²) in [5, 5.41) is 27.5. The van der Waals surface area contributed by atoms with Crippen molar-refractivity contribution in [2.45, 2.75) is 93.7 Å². The molecule has 16 heteroatoms. The fourth-order valence-electron chi connectivity index (χ4n) is 11.5. The van der Waals surface area contributed by atoms with Crippen molar-refractivity contribution in [2.75, 3.05) is 30.5 Å². The molecule has 0 radical (unpaired) electrons. The van der Waals surface area contributed by atoms with Crippen LogP contribution in [0, 0.1) is 23.7 Å². The maximum Gasteiger partial charge on any atom is 0.329 e. The largest absolute Gasteiger partial charge is 0.491 e. The minimum absolute atomic E-state index is 0.00736. The Bertz CT molecular complexity index is 3110. The number of nitrogens with one attached hydrogen (secondary N) is 2. The fraction of sp³-hybridized carbons (Fsp3) is 0.345. The average molecular weight is 1020 g/mol. The third-order valence-corrected chi connectivity index (χ3v) is 15.7. The number of ether oxygens (including phenoxy) is 3. The van der Waals surface area contributed by atoms with Gasteiger partial charge in [0.15, 0.2) is 5.13 Å². The molecule has 2 saturated heterocycles. The quantitative estimate of drug-likeness (QED) is 0.0551. The molecule has 1 aliphatic carbocycles. The molecule has 4 heterocycles. The summed E-state index contributed by atoms with van der Waals surface area (Å²) in [6.45, 7) is 3.23. The number of benzene rings is 5. The number of carbonyl (C=O) groups is 5. The van der Waals surface area contributed by atoms with E-state index in [4.69, 9.17) is 19.2 Å². The average Bonchev–Trinajstić information content (AvgIpc) is 3.99. The number of carbonyl (C=O) groups excluding carboxylic acids is 5. The van der Waals surface area contributed by atoms with Gasteiger partial charge in [-0.15, -0.1) is 0 Å². The van der Waals surface area contributed by atoms with Gasteiger partial charge in [-0.25, -0.2) is 19.5 Å². The molecule has 10 rings (SSSR count). The zero-order valence-corrected chi connectivity index (χ0v) is 42.0. The number of rotatable bonds is 11. The topological polar surface area (TPSA) is 197 Å². The predicted octanol–water partition coefficient (Wildman–Crippen LogP) is 8.32. The van der Waals surface area contributed by atoms with Crippen LogP contribution in [-0.2, 0) is 34.1 Å². The van der Waals surface area contributed by atoms with Gasteiger partial charge in [0, 0.05) is 5.56 Å². The second-order valence-electron chi connectivity index (χ2n) is 19.6. The van der Waals surface area contributed by atoms with Gasteiger partial charge in [0.25, 0.3) is 0 Å². The number of cyclic esters (lactones) is 1. The van der Waals surface area contributed by atoms with Crippen molar-refractivity contribution >= 4 is 62.2 Å². The predicted molar refractivity (Wildman–Crippen MR) is 278 cm³/mol. The molecule has 74 heavy (non-hydrogen) atoms. The van der Waals surface area contributed by atoms with Crippen LogP contribution in [0.3, 0.4) is 0 Å². The number of fused-ring (bicyclic) bond motifs is 4. The number of hydrogen-bond donors (Lipinski definition) is 4. The van der Waals surface area contributed by atoms with Crippen LogP contribution in [0.25, 0.3) is 10.2 Å². The van der Waals surface area contributed by atoms with E-state index in [1.54, 1.807) is 56.3 Å². The molecule has 4 aliphatic rings. The van der Waals surface area contributed by atoms with E-state index >= 15 is 19.2 Å². The zero-order chi connectivity index (χ0) is 51.7. The Morgan fingerprint density at radius 3 is 2.19 bits per heavy atom. The number of anilines is 2. The normalized spacial score (nSPS) is 23.5. The van der Waals surface area contributed by atoms with E-state index in [9.17, 15) is 15.0 Å². The first kappa shape index (κ1) is 50.1. The molecule has 1 aromatic heterocycles. The first-order valence-electron chi connectivity index (χ1n) is 25.1. The van der Waals surface area contributed by atoms with Crippen molar-refractivity contribution in [3.05, 3.63) is 155 Å². The Hall–Kier alpha value is -7.42. The summed E-state index contributed by atoms with van der Waals surface area (Å²) >= 11 is 1.23. The SMILES string of the molecule is COC(=O)[C@@H](NC(=O)N1C(=O)[C@@]2(c3cc(C#CC4(O)CCCCCC4)ccc31)[C@H](C(=O)Nc1nc3ccccc3s1)[C@H]1C(=O)O[C@H](c3ccccc3)[C@H](c3ccccc3)N1[C@@H]2c1ccc(OCCO)cc1)C(C)C. The monoisotopic (exact) mass is 1020 g/mol. The van der Waals surface area contributed by atoms with Crippen molar-refractivity contribution in [1.82, 2.24) is 15.2 Å². The van der Waals surface area contributed by atoms with E-state index in [1.807, 2.05) is 89.8 Å². The Kier molecular flexibility index (Phi) is 14.1. The first-order valence-corrected chi connectivity index (χ1v) is 25.9. The lowest BCUT2D eigenvalue weighted by Gasteiger charge is -2.46. The van der Waals surface area contributed by atoms with Crippen LogP contribution in [-0.4, -0.2) is 87.9 Å². The molecular formula is C58H57N5O10S. The smallest absolute Gasteiger partial charge is 0.329 e. The number of urea groups is 1. The summed E-state index contributed by atoms with van der Waals surface area (Å²) in [6.07, 6.45) is 3.55. The number of para-hydroxylation sites is 1. The molecule has 3 aliphatic heterocycles. The Balaban J connectivity index is 1.27. The molecule has 7 atom stereocenters. The third kappa shape index (κ3) is 9.08. The lowest BCUT2D eigenvalue weighted by Crippen LogP contribution is -2.57. The minimum atomic E-state index is -2.17. The number of esters is 2. The lowest BCUT2D eigenvalue weighted by molar-refractivity contribution is -0.177. The van der Waals surface area contributed by atoms with Crippen molar-refractivity contribution in [3.8, 4) is 17.6 Å². The highest BCUT2D eigenvalue weighted by atomic mass is 32.1. The van der Waals surface area contributed by atoms with Crippen LogP contribution >= 0.6 is 11.3 Å². The Morgan fingerprint density at radius 1 is 0.851 bits per heavy atom. The number of aliphatic hydroxyl groups is 2. The van der Waals surface area contributed by atoms with E-state index in [-0.39, 0.29) is 29.6 Å². The Labute approximate surface area is 432 Å². The molecule has 4 N–H and O–H groups in total. The van der Waals surface area contributed by atoms with E-state index in [0.717, 1.165) is 35.3 Å². The number of aromatic nitrogens is 1. The highest BCUT2D eigenvalue weighted by Crippen LogP contribution is 2.66. The third-order valence-electron chi connectivity index (χ3n) is 14.8. The lowest BCUT2D eigenvalue weighted by atomic mass is 9.65. The summed E-state index contributed by atoms with van der Waals surface area (Å²) in [7, 11) is 1.21. The van der Waals surface area contributed by atoms with Crippen LogP contribution < -0.4 is 20.3 Å². The van der Waals surface area contributed by atoms with Crippen LogP contribution in [0.1, 0.15) is 98.4 Å². The van der Waals surface area contributed by atoms with E-state index in [1.165, 1.54) is 18.4 Å². The molecule has 0 bridgehead atoms. The van der Waals surface area contributed by atoms with Gasteiger partial charge in [-0.05, 0) is 96.3 Å². The van der Waals surface area contributed by atoms with Gasteiger partial charge in [-0.3, -0.25) is 19.3 Å². The molecule has 380 valence electrons. The van der Waals surface area contributed by atoms with Gasteiger partial charge < -0.3 is 35.1 Å². The van der Waals surface area contributed by atoms with Gasteiger partial charge in [-0.1, -0.05) is 135 Å². The zero-order valence-electron chi connectivity index (χ0n) is 41.2. The number of nitrogens with zero attached hydrogens (tertiary/aromatic N) is 3. The summed E-state index contributed by atoms with van der Waals surface area (Å²) in [5.74, 6) is 1.54. The molecule has 1 saturated carbocycles. The van der Waals surface area contributed by atoms with E-state index in [2.05, 4.69) is 22.5 Å². The molecule has 1 spiro atoms. The summed E-state index contributed by atoms with van der Waals surface area (Å²) in [4.78, 5) is 84.6. The molecule has 15 nitrogen and oxygen atoms in total. The molecule has 0 unspecified atom stereocenters. The first-order chi connectivity index (χ1) is 35.9. The number of amides is 4. The van der Waals surface area contributed by atoms with Crippen LogP contribution in [0.5, 0.6) is 5.75 Å². The Morgan fingerprint density at radius 2 is 1.53 bits per heavy atom. The van der Waals surface area contributed by atoms with Crippen molar-refractivity contribution in [2.24, 2.45) is 11.8 Å². The van der Waals surface area contributed by atoms with Crippen molar-refractivity contribution in [1.29, 1.82) is 0 Å². The van der Waals surface area contributed by atoms with Gasteiger partial charge in [0.2, 0.25) is 11.8 Å². The van der Waals surface area contributed by atoms with Crippen molar-refractivity contribution in [3.63, 3.8) is 0 Å². The second kappa shape index (κ2) is 20.8. The van der Waals surface area contributed by atoms with Gasteiger partial charge in [0.05, 0.1) is 47.6 Å².